The van der Waals surface area contributed by atoms with Gasteiger partial charge in [-0.25, -0.2) is 4.79 Å². The van der Waals surface area contributed by atoms with Gasteiger partial charge in [0.1, 0.15) is 0 Å². The van der Waals surface area contributed by atoms with Gasteiger partial charge in [0.25, 0.3) is 0 Å². The summed E-state index contributed by atoms with van der Waals surface area (Å²) in [6.07, 6.45) is -0.718. The molecule has 0 aromatic rings. The zero-order valence-corrected chi connectivity index (χ0v) is 3.79. The lowest BCUT2D eigenvalue weighted by molar-refractivity contribution is -0.191. The van der Waals surface area contributed by atoms with E-state index < -0.39 is 6.09 Å². The van der Waals surface area contributed by atoms with Crippen molar-refractivity contribution in [2.75, 3.05) is 0 Å². The molecule has 0 heterocycles. The van der Waals surface area contributed by atoms with E-state index >= 15 is 0 Å². The van der Waals surface area contributed by atoms with Crippen LogP contribution in [0.2, 0.25) is 0 Å². The predicted octanol–water partition coefficient (Wildman–Crippen LogP) is -1.63. The lowest BCUT2D eigenvalue weighted by Gasteiger charge is -1.79. The van der Waals surface area contributed by atoms with Crippen LogP contribution in [0.4, 0.5) is 4.79 Å². The van der Waals surface area contributed by atoms with Crippen LogP contribution in [0, 0.1) is 0 Å². The van der Waals surface area contributed by atoms with E-state index in [4.69, 9.17) is 9.59 Å². The second kappa shape index (κ2) is 9.15. The third-order valence-corrected chi connectivity index (χ3v) is 0.116. The molecular weight excluding hydrogens is 116 g/mol. The minimum absolute atomic E-state index is 0.250. The van der Waals surface area contributed by atoms with Gasteiger partial charge in [-0.2, -0.15) is 15.5 Å². The summed E-state index contributed by atoms with van der Waals surface area (Å²) in [6.45, 7) is 0. The van der Waals surface area contributed by atoms with Crippen molar-refractivity contribution >= 4 is 12.2 Å². The summed E-state index contributed by atoms with van der Waals surface area (Å²) in [5, 5.41) is 0. The Balaban J connectivity index is 0. The molecule has 0 aromatic carbocycles. The van der Waals surface area contributed by atoms with Crippen molar-refractivity contribution in [1.29, 1.82) is 0 Å². The van der Waals surface area contributed by atoms with Crippen molar-refractivity contribution in [1.82, 2.24) is 0 Å². The fourth-order valence-corrected chi connectivity index (χ4v) is 0. The average molecular weight is 120 g/mol. The maximum absolute atomic E-state index is 9.24. The highest BCUT2D eigenvalue weighted by Gasteiger charge is 1.77. The quantitative estimate of drug-likeness (QED) is 0.372. The van der Waals surface area contributed by atoms with E-state index in [1.54, 1.807) is 0 Å². The van der Waals surface area contributed by atoms with Crippen molar-refractivity contribution in [2.24, 2.45) is 11.6 Å². The topological polar surface area (TPSA) is 112 Å². The van der Waals surface area contributed by atoms with Gasteiger partial charge in [0, 0.05) is 0 Å². The first kappa shape index (κ1) is 9.79. The molecule has 0 aliphatic rings. The van der Waals surface area contributed by atoms with E-state index in [0.717, 1.165) is 0 Å². The molecule has 0 aliphatic heterocycles. The molecule has 0 saturated heterocycles. The molecule has 6 nitrogen and oxygen atoms in total. The molecule has 6 heteroatoms. The molecule has 0 aromatic heterocycles. The Kier molecular flexibility index (Phi) is 11.2. The minimum atomic E-state index is -0.968. The first-order chi connectivity index (χ1) is 3.68. The van der Waals surface area contributed by atoms with Crippen molar-refractivity contribution in [3.05, 3.63) is 0 Å². The maximum Gasteiger partial charge on any atom is 0.423 e. The van der Waals surface area contributed by atoms with Gasteiger partial charge in [-0.15, -0.1) is 0 Å². The second-order valence-corrected chi connectivity index (χ2v) is 0.520. The molecule has 0 fully saturated rings. The Morgan fingerprint density at radius 3 is 1.62 bits per heavy atom. The number of primary amides is 1. The Labute approximate surface area is 44.3 Å². The number of carbonyl (C=O) groups is 1. The van der Waals surface area contributed by atoms with Crippen LogP contribution in [0.5, 0.6) is 0 Å². The van der Waals surface area contributed by atoms with E-state index in [9.17, 15) is 4.79 Å². The SMILES string of the molecule is NOC(N)=O.O=C=O. The summed E-state index contributed by atoms with van der Waals surface area (Å²) in [5.41, 5.74) is 4.31. The zero-order chi connectivity index (χ0) is 6.99. The molecule has 1 amide bonds. The second-order valence-electron chi connectivity index (χ2n) is 0.520. The van der Waals surface area contributed by atoms with Gasteiger partial charge in [-0.05, 0) is 0 Å². The average Bonchev–Trinajstić information content (AvgIpc) is 1.69. The highest BCUT2D eigenvalue weighted by Crippen LogP contribution is 1.49. The molecule has 0 bridgehead atoms. The van der Waals surface area contributed by atoms with Crippen LogP contribution in [0.1, 0.15) is 0 Å². The molecule has 0 aliphatic carbocycles. The van der Waals surface area contributed by atoms with Gasteiger partial charge in [0.15, 0.2) is 0 Å². The van der Waals surface area contributed by atoms with Crippen molar-refractivity contribution in [3.63, 3.8) is 0 Å². The lowest BCUT2D eigenvalue weighted by atomic mass is 11.3. The van der Waals surface area contributed by atoms with E-state index in [1.165, 1.54) is 0 Å². The number of carbonyl (C=O) groups excluding carboxylic acids is 3. The smallest absolute Gasteiger partial charge is 0.357 e. The summed E-state index contributed by atoms with van der Waals surface area (Å²) in [6, 6.07) is 0. The zero-order valence-electron chi connectivity index (χ0n) is 3.79. The largest absolute Gasteiger partial charge is 0.423 e. The highest BCUT2D eigenvalue weighted by molar-refractivity contribution is 5.63. The molecule has 0 atom stereocenters. The summed E-state index contributed by atoms with van der Waals surface area (Å²) in [7, 11) is 0. The Morgan fingerprint density at radius 2 is 1.62 bits per heavy atom. The predicted molar refractivity (Wildman–Crippen MR) is 19.9 cm³/mol. The molecule has 0 spiro atoms. The van der Waals surface area contributed by atoms with E-state index in [2.05, 4.69) is 16.5 Å². The molecule has 0 radical (unpaired) electrons. The fourth-order valence-electron chi connectivity index (χ4n) is 0. The van der Waals surface area contributed by atoms with Gasteiger partial charge in [-0.1, -0.05) is 0 Å². The third-order valence-electron chi connectivity index (χ3n) is 0.116. The van der Waals surface area contributed by atoms with Gasteiger partial charge >= 0.3 is 12.2 Å². The van der Waals surface area contributed by atoms with E-state index in [1.807, 2.05) is 0 Å². The fraction of sp³-hybridized carbons (Fsp3) is 0. The van der Waals surface area contributed by atoms with Crippen LogP contribution in [-0.4, -0.2) is 12.2 Å². The number of hydrogen-bond donors (Lipinski definition) is 2. The van der Waals surface area contributed by atoms with Crippen LogP contribution >= 0.6 is 0 Å². The first-order valence-corrected chi connectivity index (χ1v) is 1.34. The van der Waals surface area contributed by atoms with Crippen LogP contribution in [0.15, 0.2) is 0 Å². The van der Waals surface area contributed by atoms with E-state index in [-0.39, 0.29) is 6.15 Å². The van der Waals surface area contributed by atoms with Gasteiger partial charge < -0.3 is 10.6 Å². The van der Waals surface area contributed by atoms with Crippen molar-refractivity contribution < 1.29 is 19.2 Å². The molecule has 46 valence electrons. The van der Waals surface area contributed by atoms with Crippen LogP contribution in [0.25, 0.3) is 0 Å². The summed E-state index contributed by atoms with van der Waals surface area (Å²) in [4.78, 5) is 28.9. The normalized spacial score (nSPS) is 5.12. The highest BCUT2D eigenvalue weighted by atomic mass is 16.7. The maximum atomic E-state index is 9.24. The van der Waals surface area contributed by atoms with Gasteiger partial charge in [-0.3, -0.25) is 0 Å². The molecule has 0 saturated carbocycles. The van der Waals surface area contributed by atoms with Crippen molar-refractivity contribution in [3.8, 4) is 0 Å². The Hall–Kier alpha value is -1.39. The standard InChI is InChI=1S/CH4N2O2.CO2/c2-1(4)5-3;2-1-3/h3H2,(H2,2,4);. The molecule has 0 unspecified atom stereocenters. The van der Waals surface area contributed by atoms with Crippen molar-refractivity contribution in [2.45, 2.75) is 0 Å². The molecule has 8 heavy (non-hydrogen) atoms. The monoisotopic (exact) mass is 120 g/mol. The third kappa shape index (κ3) is 161. The first-order valence-electron chi connectivity index (χ1n) is 1.34. The number of nitrogens with two attached hydrogens (primary N) is 2. The number of hydrogen-bond acceptors (Lipinski definition) is 5. The Morgan fingerprint density at radius 1 is 1.50 bits per heavy atom. The summed E-state index contributed by atoms with van der Waals surface area (Å²) >= 11 is 0. The molecular formula is C2H4N2O4. The summed E-state index contributed by atoms with van der Waals surface area (Å²) < 4.78 is 0. The Bertz CT molecular complexity index is 94.2. The van der Waals surface area contributed by atoms with Gasteiger partial charge in [0.05, 0.1) is 0 Å². The lowest BCUT2D eigenvalue weighted by Crippen LogP contribution is -2.16. The van der Waals surface area contributed by atoms with E-state index in [0.29, 0.717) is 0 Å². The van der Waals surface area contributed by atoms with Gasteiger partial charge in [0.2, 0.25) is 0 Å². The van der Waals surface area contributed by atoms with Crippen LogP contribution in [0.3, 0.4) is 0 Å². The molecule has 4 N–H and O–H groups in total. The van der Waals surface area contributed by atoms with Crippen LogP contribution < -0.4 is 11.6 Å². The number of rotatable bonds is 0. The summed E-state index contributed by atoms with van der Waals surface area (Å²) in [5.74, 6) is 4.20. The molecule has 0 rings (SSSR count). The van der Waals surface area contributed by atoms with Crippen LogP contribution in [-0.2, 0) is 14.4 Å². The number of amides is 1. The minimum Gasteiger partial charge on any atom is -0.357 e.